The molecular formula is C21H21FN6O2. The number of halogens is 1. The van der Waals surface area contributed by atoms with Crippen molar-refractivity contribution in [3.05, 3.63) is 54.1 Å². The van der Waals surface area contributed by atoms with Gasteiger partial charge in [0.05, 0.1) is 18.2 Å². The van der Waals surface area contributed by atoms with E-state index in [4.69, 9.17) is 10.5 Å². The van der Waals surface area contributed by atoms with E-state index in [9.17, 15) is 5.11 Å². The molecule has 0 spiro atoms. The van der Waals surface area contributed by atoms with Crippen molar-refractivity contribution in [2.75, 3.05) is 31.5 Å². The molecule has 0 atom stereocenters. The Morgan fingerprint density at radius 3 is 2.77 bits per heavy atom. The van der Waals surface area contributed by atoms with Crippen LogP contribution in [0.15, 0.2) is 42.7 Å². The first-order chi connectivity index (χ1) is 14.5. The highest BCUT2D eigenvalue weighted by Crippen LogP contribution is 2.35. The molecule has 0 bridgehead atoms. The van der Waals surface area contributed by atoms with Crippen LogP contribution in [0.5, 0.6) is 5.75 Å². The molecule has 3 N–H and O–H groups in total. The molecule has 0 radical (unpaired) electrons. The highest BCUT2D eigenvalue weighted by Gasteiger charge is 2.22. The number of nitrogen functional groups attached to an aromatic ring is 1. The zero-order valence-electron chi connectivity index (χ0n) is 16.8. The summed E-state index contributed by atoms with van der Waals surface area (Å²) in [4.78, 5) is 9.79. The third-order valence-corrected chi connectivity index (χ3v) is 4.99. The Bertz CT molecular complexity index is 1240. The normalized spacial score (nSPS) is 11.1. The van der Waals surface area contributed by atoms with Crippen molar-refractivity contribution in [2.45, 2.75) is 6.92 Å². The summed E-state index contributed by atoms with van der Waals surface area (Å²) in [5.41, 5.74) is 9.18. The van der Waals surface area contributed by atoms with Gasteiger partial charge in [-0.1, -0.05) is 18.2 Å². The van der Waals surface area contributed by atoms with Gasteiger partial charge in [-0.25, -0.2) is 19.0 Å². The number of nitrogens with two attached hydrogens (primary N) is 1. The minimum absolute atomic E-state index is 0.182. The lowest BCUT2D eigenvalue weighted by atomic mass is 10.1. The number of nitrogens with zero attached hydrogens (tertiary/aromatic N) is 5. The number of aliphatic hydroxyl groups excluding tert-OH is 1. The molecule has 4 aromatic rings. The molecule has 0 amide bonds. The van der Waals surface area contributed by atoms with Crippen molar-refractivity contribution in [3.63, 3.8) is 0 Å². The Balaban J connectivity index is 2.00. The van der Waals surface area contributed by atoms with E-state index in [1.165, 1.54) is 15.9 Å². The first-order valence-corrected chi connectivity index (χ1v) is 9.21. The molecule has 154 valence electrons. The van der Waals surface area contributed by atoms with Crippen LogP contribution < -0.4 is 15.4 Å². The lowest BCUT2D eigenvalue weighted by Crippen LogP contribution is -2.19. The van der Waals surface area contributed by atoms with Crippen LogP contribution in [0.4, 0.5) is 15.9 Å². The van der Waals surface area contributed by atoms with E-state index in [1.54, 1.807) is 32.4 Å². The van der Waals surface area contributed by atoms with Crippen LogP contribution in [0.25, 0.3) is 28.0 Å². The summed E-state index contributed by atoms with van der Waals surface area (Å²) in [5, 5.41) is 14.6. The lowest BCUT2D eigenvalue weighted by Gasteiger charge is -2.18. The second-order valence-electron chi connectivity index (χ2n) is 6.85. The van der Waals surface area contributed by atoms with Gasteiger partial charge in [0.15, 0.2) is 11.5 Å². The van der Waals surface area contributed by atoms with Crippen molar-refractivity contribution < 1.29 is 14.2 Å². The lowest BCUT2D eigenvalue weighted by molar-refractivity contribution is 0.297. The van der Waals surface area contributed by atoms with Crippen LogP contribution in [-0.4, -0.2) is 45.7 Å². The van der Waals surface area contributed by atoms with Gasteiger partial charge in [-0.3, -0.25) is 0 Å². The van der Waals surface area contributed by atoms with E-state index in [1.807, 2.05) is 25.1 Å². The fourth-order valence-corrected chi connectivity index (χ4v) is 3.35. The maximum atomic E-state index is 15.3. The second kappa shape index (κ2) is 7.60. The van der Waals surface area contributed by atoms with Crippen LogP contribution in [0.1, 0.15) is 5.56 Å². The Labute approximate surface area is 172 Å². The van der Waals surface area contributed by atoms with E-state index in [2.05, 4.69) is 15.1 Å². The van der Waals surface area contributed by atoms with E-state index in [-0.39, 0.29) is 23.9 Å². The van der Waals surface area contributed by atoms with E-state index in [0.717, 1.165) is 11.1 Å². The molecule has 4 rings (SSSR count). The number of methoxy groups -OCH3 is 1. The Hall–Kier alpha value is -3.72. The van der Waals surface area contributed by atoms with Crippen molar-refractivity contribution in [1.29, 1.82) is 0 Å². The minimum Gasteiger partial charge on any atom is -0.496 e. The predicted molar refractivity (Wildman–Crippen MR) is 113 cm³/mol. The molecule has 9 heteroatoms. The summed E-state index contributed by atoms with van der Waals surface area (Å²) < 4.78 is 22.1. The van der Waals surface area contributed by atoms with Gasteiger partial charge in [0.25, 0.3) is 0 Å². The number of benzene rings is 2. The third kappa shape index (κ3) is 3.09. The highest BCUT2D eigenvalue weighted by atomic mass is 19.1. The summed E-state index contributed by atoms with van der Waals surface area (Å²) in [7, 11) is 3.19. The van der Waals surface area contributed by atoms with Crippen molar-refractivity contribution in [3.8, 4) is 22.7 Å². The largest absolute Gasteiger partial charge is 0.496 e. The molecule has 0 saturated heterocycles. The smallest absolute Gasteiger partial charge is 0.172 e. The fourth-order valence-electron chi connectivity index (χ4n) is 3.35. The fraction of sp³-hybridized carbons (Fsp3) is 0.190. The van der Waals surface area contributed by atoms with Crippen LogP contribution in [0, 0.1) is 12.7 Å². The number of fused-ring (bicyclic) bond motifs is 1. The van der Waals surface area contributed by atoms with Gasteiger partial charge in [0.1, 0.15) is 36.0 Å². The number of rotatable bonds is 5. The van der Waals surface area contributed by atoms with Crippen LogP contribution in [0.2, 0.25) is 0 Å². The molecule has 0 unspecified atom stereocenters. The number of aliphatic hydroxyl groups is 1. The van der Waals surface area contributed by atoms with E-state index in [0.29, 0.717) is 22.5 Å². The third-order valence-electron chi connectivity index (χ3n) is 4.99. The predicted octanol–water partition coefficient (Wildman–Crippen LogP) is 2.91. The average Bonchev–Trinajstić information content (AvgIpc) is 3.14. The van der Waals surface area contributed by atoms with Gasteiger partial charge in [-0.2, -0.15) is 5.10 Å². The molecule has 0 fully saturated rings. The van der Waals surface area contributed by atoms with Gasteiger partial charge in [-0.05, 0) is 30.7 Å². The van der Waals surface area contributed by atoms with Crippen LogP contribution >= 0.6 is 0 Å². The maximum absolute atomic E-state index is 15.3. The van der Waals surface area contributed by atoms with Gasteiger partial charge in [-0.15, -0.1) is 0 Å². The molecule has 2 heterocycles. The number of aryl methyl sites for hydroxylation is 1. The topological polar surface area (TPSA) is 102 Å². The molecule has 30 heavy (non-hydrogen) atoms. The average molecular weight is 408 g/mol. The Morgan fingerprint density at radius 1 is 1.23 bits per heavy atom. The van der Waals surface area contributed by atoms with Gasteiger partial charge >= 0.3 is 0 Å². The quantitative estimate of drug-likeness (QED) is 0.490. The molecule has 2 aromatic carbocycles. The number of ether oxygens (including phenoxy) is 1. The first-order valence-electron chi connectivity index (χ1n) is 9.21. The highest BCUT2D eigenvalue weighted by molar-refractivity contribution is 5.99. The second-order valence-corrected chi connectivity index (χ2v) is 6.85. The summed E-state index contributed by atoms with van der Waals surface area (Å²) in [6.07, 6.45) is 1.32. The maximum Gasteiger partial charge on any atom is 0.172 e. The molecular weight excluding hydrogens is 387 g/mol. The molecule has 2 aromatic heterocycles. The van der Waals surface area contributed by atoms with Gasteiger partial charge < -0.3 is 20.5 Å². The molecule has 0 aliphatic carbocycles. The van der Waals surface area contributed by atoms with Crippen molar-refractivity contribution in [1.82, 2.24) is 19.7 Å². The first kappa shape index (κ1) is 19.6. The summed E-state index contributed by atoms with van der Waals surface area (Å²) >= 11 is 0. The zero-order chi connectivity index (χ0) is 21.4. The summed E-state index contributed by atoms with van der Waals surface area (Å²) in [5.74, 6) is 0.400. The number of hydrogen-bond donors (Lipinski definition) is 2. The minimum atomic E-state index is -0.538. The molecule has 0 aliphatic heterocycles. The van der Waals surface area contributed by atoms with Crippen molar-refractivity contribution >= 4 is 22.5 Å². The standard InChI is InChI=1S/C21H21FN6O2/c1-12-7-8-13(9-16(12)30-3)19-17-20(23)24-10-25-21(17)28(26-19)15-6-4-5-14(18(15)22)27(2)11-29/h4-10,29H,11H2,1-3H3,(H2,23,24,25). The van der Waals surface area contributed by atoms with E-state index >= 15 is 4.39 Å². The van der Waals surface area contributed by atoms with Crippen LogP contribution in [-0.2, 0) is 0 Å². The molecule has 0 aliphatic rings. The Morgan fingerprint density at radius 2 is 2.03 bits per heavy atom. The van der Waals surface area contributed by atoms with Crippen molar-refractivity contribution in [2.24, 2.45) is 0 Å². The van der Waals surface area contributed by atoms with Gasteiger partial charge in [0.2, 0.25) is 0 Å². The van der Waals surface area contributed by atoms with Gasteiger partial charge in [0, 0.05) is 12.6 Å². The number of hydrogen-bond acceptors (Lipinski definition) is 7. The zero-order valence-corrected chi connectivity index (χ0v) is 16.8. The summed E-state index contributed by atoms with van der Waals surface area (Å²) in [6, 6.07) is 10.5. The Kier molecular flexibility index (Phi) is 4.96. The monoisotopic (exact) mass is 408 g/mol. The molecule has 0 saturated carbocycles. The van der Waals surface area contributed by atoms with Crippen LogP contribution in [0.3, 0.4) is 0 Å². The molecule has 8 nitrogen and oxygen atoms in total. The number of anilines is 2. The SMILES string of the molecule is COc1cc(-c2nn(-c3cccc(N(C)CO)c3F)c3ncnc(N)c23)ccc1C. The van der Waals surface area contributed by atoms with E-state index < -0.39 is 5.82 Å². The summed E-state index contributed by atoms with van der Waals surface area (Å²) in [6.45, 7) is 1.61. The number of aromatic nitrogens is 4.